The highest BCUT2D eigenvalue weighted by Crippen LogP contribution is 2.05. The van der Waals surface area contributed by atoms with Gasteiger partial charge in [-0.05, 0) is 18.2 Å². The van der Waals surface area contributed by atoms with Crippen molar-refractivity contribution in [2.24, 2.45) is 0 Å². The lowest BCUT2D eigenvalue weighted by atomic mass is 10.1. The molecule has 90 valence electrons. The molecule has 0 aliphatic carbocycles. The van der Waals surface area contributed by atoms with Crippen LogP contribution in [0.3, 0.4) is 0 Å². The molecule has 0 atom stereocenters. The van der Waals surface area contributed by atoms with Crippen LogP contribution in [0.25, 0.3) is 0 Å². The normalized spacial score (nSPS) is 9.78. The Hall–Kier alpha value is -2.61. The smallest absolute Gasteiger partial charge is 0.251 e. The topological polar surface area (TPSA) is 78.9 Å². The average molecular weight is 241 g/mol. The molecule has 0 unspecified atom stereocenters. The molecule has 0 spiro atoms. The standard InChI is InChI=1S/C13H11N3O2/c1-9-16-12(8-18-9)7-15-13(17)11-4-2-3-10(5-11)6-14/h2-5,8H,7H2,1H3,(H,15,17). The molecule has 1 aromatic carbocycles. The number of nitrogens with zero attached hydrogens (tertiary/aromatic N) is 2. The van der Waals surface area contributed by atoms with Crippen LogP contribution in [0.15, 0.2) is 34.9 Å². The van der Waals surface area contributed by atoms with Crippen LogP contribution in [0.4, 0.5) is 0 Å². The van der Waals surface area contributed by atoms with Gasteiger partial charge in [0.2, 0.25) is 0 Å². The summed E-state index contributed by atoms with van der Waals surface area (Å²) in [5.74, 6) is 0.318. The van der Waals surface area contributed by atoms with Gasteiger partial charge in [0, 0.05) is 12.5 Å². The molecular weight excluding hydrogens is 230 g/mol. The quantitative estimate of drug-likeness (QED) is 0.888. The van der Waals surface area contributed by atoms with Gasteiger partial charge in [0.15, 0.2) is 5.89 Å². The fourth-order valence-electron chi connectivity index (χ4n) is 1.49. The minimum atomic E-state index is -0.243. The van der Waals surface area contributed by atoms with Gasteiger partial charge in [-0.1, -0.05) is 6.07 Å². The second-order valence-electron chi connectivity index (χ2n) is 3.73. The Morgan fingerprint density at radius 3 is 3.06 bits per heavy atom. The van der Waals surface area contributed by atoms with Gasteiger partial charge >= 0.3 is 0 Å². The lowest BCUT2D eigenvalue weighted by molar-refractivity contribution is 0.0950. The van der Waals surface area contributed by atoms with Crippen LogP contribution in [0.1, 0.15) is 27.5 Å². The summed E-state index contributed by atoms with van der Waals surface area (Å²) in [7, 11) is 0. The first kappa shape index (κ1) is 11.9. The minimum Gasteiger partial charge on any atom is -0.449 e. The Morgan fingerprint density at radius 2 is 2.39 bits per heavy atom. The molecule has 18 heavy (non-hydrogen) atoms. The minimum absolute atomic E-state index is 0.243. The second-order valence-corrected chi connectivity index (χ2v) is 3.73. The van der Waals surface area contributed by atoms with Crippen molar-refractivity contribution < 1.29 is 9.21 Å². The molecule has 2 aromatic rings. The van der Waals surface area contributed by atoms with Crippen LogP contribution in [-0.2, 0) is 6.54 Å². The molecule has 0 aliphatic rings. The zero-order valence-electron chi connectivity index (χ0n) is 9.80. The number of hydrogen-bond acceptors (Lipinski definition) is 4. The Morgan fingerprint density at radius 1 is 1.56 bits per heavy atom. The van der Waals surface area contributed by atoms with E-state index in [1.807, 2.05) is 6.07 Å². The van der Waals surface area contributed by atoms with Crippen molar-refractivity contribution in [1.29, 1.82) is 5.26 Å². The van der Waals surface area contributed by atoms with Crippen LogP contribution < -0.4 is 5.32 Å². The summed E-state index contributed by atoms with van der Waals surface area (Å²) >= 11 is 0. The van der Waals surface area contributed by atoms with E-state index in [-0.39, 0.29) is 5.91 Å². The third kappa shape index (κ3) is 2.74. The summed E-state index contributed by atoms with van der Waals surface area (Å²) in [6.45, 7) is 2.04. The maximum absolute atomic E-state index is 11.8. The van der Waals surface area contributed by atoms with Gasteiger partial charge in [-0.3, -0.25) is 4.79 Å². The lowest BCUT2D eigenvalue weighted by Gasteiger charge is -2.02. The highest BCUT2D eigenvalue weighted by Gasteiger charge is 2.07. The summed E-state index contributed by atoms with van der Waals surface area (Å²) in [6.07, 6.45) is 1.50. The summed E-state index contributed by atoms with van der Waals surface area (Å²) in [4.78, 5) is 15.9. The zero-order valence-corrected chi connectivity index (χ0v) is 9.80. The van der Waals surface area contributed by atoms with E-state index in [9.17, 15) is 4.79 Å². The van der Waals surface area contributed by atoms with E-state index in [2.05, 4.69) is 10.3 Å². The molecule has 0 bridgehead atoms. The highest BCUT2D eigenvalue weighted by molar-refractivity contribution is 5.94. The van der Waals surface area contributed by atoms with Crippen molar-refractivity contribution in [2.75, 3.05) is 0 Å². The van der Waals surface area contributed by atoms with Crippen LogP contribution >= 0.6 is 0 Å². The monoisotopic (exact) mass is 241 g/mol. The van der Waals surface area contributed by atoms with E-state index >= 15 is 0 Å². The Bertz CT molecular complexity index is 611. The van der Waals surface area contributed by atoms with Gasteiger partial charge in [0.05, 0.1) is 23.9 Å². The number of rotatable bonds is 3. The summed E-state index contributed by atoms with van der Waals surface area (Å²) in [5.41, 5.74) is 1.58. The summed E-state index contributed by atoms with van der Waals surface area (Å²) in [6, 6.07) is 8.52. The Labute approximate surface area is 104 Å². The van der Waals surface area contributed by atoms with Crippen molar-refractivity contribution in [1.82, 2.24) is 10.3 Å². The van der Waals surface area contributed by atoms with Gasteiger partial charge < -0.3 is 9.73 Å². The molecule has 0 saturated carbocycles. The largest absolute Gasteiger partial charge is 0.449 e. The van der Waals surface area contributed by atoms with E-state index in [1.54, 1.807) is 31.2 Å². The number of carbonyl (C=O) groups excluding carboxylic acids is 1. The number of hydrogen-bond donors (Lipinski definition) is 1. The third-order valence-electron chi connectivity index (χ3n) is 2.35. The maximum Gasteiger partial charge on any atom is 0.251 e. The maximum atomic E-state index is 11.8. The fraction of sp³-hybridized carbons (Fsp3) is 0.154. The van der Waals surface area contributed by atoms with Gasteiger partial charge in [-0.2, -0.15) is 5.26 Å². The first-order valence-electron chi connectivity index (χ1n) is 5.38. The molecule has 0 radical (unpaired) electrons. The predicted molar refractivity (Wildman–Crippen MR) is 63.6 cm³/mol. The lowest BCUT2D eigenvalue weighted by Crippen LogP contribution is -2.22. The number of carbonyl (C=O) groups is 1. The van der Waals surface area contributed by atoms with Crippen molar-refractivity contribution in [2.45, 2.75) is 13.5 Å². The van der Waals surface area contributed by atoms with Crippen LogP contribution in [-0.4, -0.2) is 10.9 Å². The van der Waals surface area contributed by atoms with E-state index in [0.29, 0.717) is 29.3 Å². The molecule has 1 N–H and O–H groups in total. The fourth-order valence-corrected chi connectivity index (χ4v) is 1.49. The van der Waals surface area contributed by atoms with Crippen molar-refractivity contribution in [3.05, 3.63) is 53.2 Å². The first-order valence-corrected chi connectivity index (χ1v) is 5.38. The van der Waals surface area contributed by atoms with Crippen molar-refractivity contribution in [3.63, 3.8) is 0 Å². The molecule has 0 saturated heterocycles. The molecule has 1 heterocycles. The van der Waals surface area contributed by atoms with Gasteiger partial charge in [0.1, 0.15) is 6.26 Å². The molecule has 0 aliphatic heterocycles. The Balaban J connectivity index is 2.01. The van der Waals surface area contributed by atoms with Crippen molar-refractivity contribution in [3.8, 4) is 6.07 Å². The molecule has 0 fully saturated rings. The first-order chi connectivity index (χ1) is 8.69. The SMILES string of the molecule is Cc1nc(CNC(=O)c2cccc(C#N)c2)co1. The van der Waals surface area contributed by atoms with E-state index < -0.39 is 0 Å². The zero-order chi connectivity index (χ0) is 13.0. The van der Waals surface area contributed by atoms with Crippen LogP contribution in [0.2, 0.25) is 0 Å². The van der Waals surface area contributed by atoms with Gasteiger partial charge in [-0.15, -0.1) is 0 Å². The van der Waals surface area contributed by atoms with E-state index in [0.717, 1.165) is 0 Å². The number of nitriles is 1. The molecule has 5 nitrogen and oxygen atoms in total. The van der Waals surface area contributed by atoms with Gasteiger partial charge in [-0.25, -0.2) is 4.98 Å². The van der Waals surface area contributed by atoms with Gasteiger partial charge in [0.25, 0.3) is 5.91 Å². The highest BCUT2D eigenvalue weighted by atomic mass is 16.3. The summed E-state index contributed by atoms with van der Waals surface area (Å²) < 4.78 is 5.03. The number of benzene rings is 1. The van der Waals surface area contributed by atoms with Crippen LogP contribution in [0.5, 0.6) is 0 Å². The molecular formula is C13H11N3O2. The number of nitrogens with one attached hydrogen (secondary N) is 1. The van der Waals surface area contributed by atoms with Crippen LogP contribution in [0, 0.1) is 18.3 Å². The predicted octanol–water partition coefficient (Wildman–Crippen LogP) is 1.78. The second kappa shape index (κ2) is 5.15. The molecule has 2 rings (SSSR count). The Kier molecular flexibility index (Phi) is 3.39. The molecule has 1 amide bonds. The third-order valence-corrected chi connectivity index (χ3v) is 2.35. The molecule has 5 heteroatoms. The van der Waals surface area contributed by atoms with E-state index in [4.69, 9.17) is 9.68 Å². The number of aromatic nitrogens is 1. The molecule has 1 aromatic heterocycles. The summed E-state index contributed by atoms with van der Waals surface area (Å²) in [5, 5.41) is 11.5. The number of amides is 1. The number of oxazole rings is 1. The van der Waals surface area contributed by atoms with E-state index in [1.165, 1.54) is 6.26 Å². The van der Waals surface area contributed by atoms with Crippen molar-refractivity contribution >= 4 is 5.91 Å². The number of aryl methyl sites for hydroxylation is 1. The average Bonchev–Trinajstić information content (AvgIpc) is 2.82.